The number of halogens is 1. The Morgan fingerprint density at radius 2 is 2.36 bits per heavy atom. The molecule has 0 fully saturated rings. The van der Waals surface area contributed by atoms with Crippen LogP contribution in [0.1, 0.15) is 17.1 Å². The van der Waals surface area contributed by atoms with E-state index in [1.165, 1.54) is 0 Å². The van der Waals surface area contributed by atoms with Crippen LogP contribution in [0.15, 0.2) is 11.2 Å². The maximum Gasteiger partial charge on any atom is 0.125 e. The maximum absolute atomic E-state index is 4.27. The van der Waals surface area contributed by atoms with Crippen LogP contribution in [0.25, 0.3) is 0 Å². The predicted octanol–water partition coefficient (Wildman–Crippen LogP) is 1.48. The zero-order valence-corrected chi connectivity index (χ0v) is 8.16. The Hall–Kier alpha value is -0.520. The fraction of sp³-hybridized carbons (Fsp3) is 0.286. The van der Waals surface area contributed by atoms with Crippen molar-refractivity contribution in [3.8, 4) is 0 Å². The third-order valence-corrected chi connectivity index (χ3v) is 2.50. The van der Waals surface area contributed by atoms with Gasteiger partial charge in [0, 0.05) is 11.8 Å². The van der Waals surface area contributed by atoms with Crippen molar-refractivity contribution >= 4 is 26.3 Å². The summed E-state index contributed by atoms with van der Waals surface area (Å²) in [5, 5.41) is 0. The molecule has 11 heavy (non-hydrogen) atoms. The van der Waals surface area contributed by atoms with Gasteiger partial charge in [-0.15, -0.1) is 0 Å². The van der Waals surface area contributed by atoms with Crippen LogP contribution in [-0.2, 0) is 6.54 Å². The van der Waals surface area contributed by atoms with Crippen LogP contribution in [0.4, 0.5) is 0 Å². The topological polar surface area (TPSA) is 38.1 Å². The minimum atomic E-state index is 0.719. The predicted molar refractivity (Wildman–Crippen MR) is 51.0 cm³/mol. The van der Waals surface area contributed by atoms with Crippen molar-refractivity contribution in [3.63, 3.8) is 0 Å². The Morgan fingerprint density at radius 3 is 3.18 bits per heavy atom. The summed E-state index contributed by atoms with van der Waals surface area (Å²) in [6, 6.07) is 0. The number of hydrogen-bond donors (Lipinski definition) is 0. The van der Waals surface area contributed by atoms with Crippen LogP contribution < -0.4 is 0 Å². The smallest absolute Gasteiger partial charge is 0.125 e. The van der Waals surface area contributed by atoms with E-state index in [1.807, 2.05) is 13.1 Å². The van der Waals surface area contributed by atoms with Crippen LogP contribution >= 0.6 is 22.6 Å². The molecular formula is C7H6IN3. The molecule has 2 heterocycles. The van der Waals surface area contributed by atoms with E-state index in [4.69, 9.17) is 0 Å². The van der Waals surface area contributed by atoms with E-state index in [2.05, 4.69) is 37.6 Å². The molecule has 0 aliphatic carbocycles. The molecule has 0 saturated heterocycles. The molecule has 0 amide bonds. The summed E-state index contributed by atoms with van der Waals surface area (Å²) in [5.74, 6) is 0.824. The molecule has 3 nitrogen and oxygen atoms in total. The second kappa shape index (κ2) is 2.51. The monoisotopic (exact) mass is 259 g/mol. The van der Waals surface area contributed by atoms with Crippen molar-refractivity contribution in [2.75, 3.05) is 0 Å². The van der Waals surface area contributed by atoms with E-state index in [-0.39, 0.29) is 0 Å². The molecule has 0 saturated carbocycles. The molecule has 56 valence electrons. The van der Waals surface area contributed by atoms with Gasteiger partial charge in [-0.05, 0) is 29.5 Å². The molecule has 1 aliphatic rings. The zero-order chi connectivity index (χ0) is 7.84. The molecular weight excluding hydrogens is 253 g/mol. The van der Waals surface area contributed by atoms with Gasteiger partial charge in [-0.2, -0.15) is 0 Å². The Morgan fingerprint density at radius 1 is 1.55 bits per heavy atom. The first kappa shape index (κ1) is 7.15. The standard InChI is InChI=1S/C7H6IN3/c1-4-9-2-5-6(11-4)3-10-7(5)8/h2H,3H2,1H3. The molecule has 0 spiro atoms. The molecule has 1 aromatic rings. The van der Waals surface area contributed by atoms with E-state index in [9.17, 15) is 0 Å². The Kier molecular flexibility index (Phi) is 1.63. The molecule has 1 aromatic heterocycles. The van der Waals surface area contributed by atoms with E-state index >= 15 is 0 Å². The molecule has 2 rings (SSSR count). The average molecular weight is 259 g/mol. The van der Waals surface area contributed by atoms with Gasteiger partial charge in [-0.3, -0.25) is 4.99 Å². The largest absolute Gasteiger partial charge is 0.272 e. The van der Waals surface area contributed by atoms with E-state index in [1.54, 1.807) is 0 Å². The second-order valence-electron chi connectivity index (χ2n) is 2.38. The highest BCUT2D eigenvalue weighted by atomic mass is 127. The number of aryl methyl sites for hydroxylation is 1. The molecule has 0 unspecified atom stereocenters. The van der Waals surface area contributed by atoms with E-state index in [0.29, 0.717) is 0 Å². The highest BCUT2D eigenvalue weighted by Gasteiger charge is 2.14. The Bertz CT molecular complexity index is 332. The van der Waals surface area contributed by atoms with Gasteiger partial charge in [-0.25, -0.2) is 9.97 Å². The minimum Gasteiger partial charge on any atom is -0.272 e. The van der Waals surface area contributed by atoms with Crippen LogP contribution in [0.2, 0.25) is 0 Å². The first-order valence-electron chi connectivity index (χ1n) is 3.30. The van der Waals surface area contributed by atoms with Crippen LogP contribution in [0, 0.1) is 6.92 Å². The third kappa shape index (κ3) is 1.15. The summed E-state index contributed by atoms with van der Waals surface area (Å²) in [7, 11) is 0. The van der Waals surface area contributed by atoms with Crippen molar-refractivity contribution < 1.29 is 0 Å². The molecule has 0 radical (unpaired) electrons. The summed E-state index contributed by atoms with van der Waals surface area (Å²) in [6.07, 6.45) is 1.84. The van der Waals surface area contributed by atoms with Gasteiger partial charge >= 0.3 is 0 Å². The Balaban J connectivity index is 2.58. The zero-order valence-electron chi connectivity index (χ0n) is 6.00. The second-order valence-corrected chi connectivity index (χ2v) is 3.41. The van der Waals surface area contributed by atoms with E-state index < -0.39 is 0 Å². The molecule has 0 atom stereocenters. The van der Waals surface area contributed by atoms with Crippen LogP contribution in [0.3, 0.4) is 0 Å². The van der Waals surface area contributed by atoms with Crippen molar-refractivity contribution in [2.24, 2.45) is 4.99 Å². The van der Waals surface area contributed by atoms with Crippen molar-refractivity contribution in [2.45, 2.75) is 13.5 Å². The highest BCUT2D eigenvalue weighted by molar-refractivity contribution is 14.1. The molecule has 0 aromatic carbocycles. The number of rotatable bonds is 0. The number of hydrogen-bond acceptors (Lipinski definition) is 3. The first-order chi connectivity index (χ1) is 5.27. The third-order valence-electron chi connectivity index (χ3n) is 1.58. The van der Waals surface area contributed by atoms with Gasteiger partial charge in [0.05, 0.1) is 12.2 Å². The van der Waals surface area contributed by atoms with Crippen LogP contribution in [-0.4, -0.2) is 13.7 Å². The quantitative estimate of drug-likeness (QED) is 0.662. The van der Waals surface area contributed by atoms with Crippen LogP contribution in [0.5, 0.6) is 0 Å². The van der Waals surface area contributed by atoms with Gasteiger partial charge in [0.2, 0.25) is 0 Å². The lowest BCUT2D eigenvalue weighted by Crippen LogP contribution is -1.96. The lowest BCUT2D eigenvalue weighted by atomic mass is 10.3. The van der Waals surface area contributed by atoms with Gasteiger partial charge in [0.15, 0.2) is 0 Å². The summed E-state index contributed by atoms with van der Waals surface area (Å²) in [5.41, 5.74) is 2.15. The number of nitrogens with zero attached hydrogens (tertiary/aromatic N) is 3. The van der Waals surface area contributed by atoms with Crippen molar-refractivity contribution in [1.29, 1.82) is 0 Å². The van der Waals surface area contributed by atoms with Crippen molar-refractivity contribution in [1.82, 2.24) is 9.97 Å². The lowest BCUT2D eigenvalue weighted by Gasteiger charge is -1.96. The van der Waals surface area contributed by atoms with Gasteiger partial charge < -0.3 is 0 Å². The van der Waals surface area contributed by atoms with Crippen molar-refractivity contribution in [3.05, 3.63) is 23.3 Å². The summed E-state index contributed by atoms with van der Waals surface area (Å²) >= 11 is 2.21. The fourth-order valence-electron chi connectivity index (χ4n) is 1.04. The number of aromatic nitrogens is 2. The first-order valence-corrected chi connectivity index (χ1v) is 4.38. The summed E-state index contributed by atoms with van der Waals surface area (Å²) < 4.78 is 1.03. The summed E-state index contributed by atoms with van der Waals surface area (Å²) in [6.45, 7) is 2.61. The molecule has 4 heteroatoms. The summed E-state index contributed by atoms with van der Waals surface area (Å²) in [4.78, 5) is 12.6. The molecule has 0 N–H and O–H groups in total. The Labute approximate surface area is 78.1 Å². The SMILES string of the molecule is Cc1ncc2c(n1)CN=C2I. The maximum atomic E-state index is 4.27. The minimum absolute atomic E-state index is 0.719. The lowest BCUT2D eigenvalue weighted by molar-refractivity contribution is 0.948. The fourth-order valence-corrected chi connectivity index (χ4v) is 1.66. The van der Waals surface area contributed by atoms with Gasteiger partial charge in [-0.1, -0.05) is 0 Å². The van der Waals surface area contributed by atoms with E-state index in [0.717, 1.165) is 27.3 Å². The highest BCUT2D eigenvalue weighted by Crippen LogP contribution is 2.19. The van der Waals surface area contributed by atoms with Gasteiger partial charge in [0.1, 0.15) is 9.54 Å². The number of fused-ring (bicyclic) bond motifs is 1. The molecule has 1 aliphatic heterocycles. The normalized spacial score (nSPS) is 14.5. The van der Waals surface area contributed by atoms with Gasteiger partial charge in [0.25, 0.3) is 0 Å². The number of aliphatic imine (C=N–C) groups is 1. The molecule has 0 bridgehead atoms. The average Bonchev–Trinajstić information content (AvgIpc) is 2.32.